The molecule has 21 heavy (non-hydrogen) atoms. The molecule has 2 aliphatic rings. The van der Waals surface area contributed by atoms with Gasteiger partial charge in [0.25, 0.3) is 0 Å². The summed E-state index contributed by atoms with van der Waals surface area (Å²) in [4.78, 5) is 6.63. The molecule has 2 unspecified atom stereocenters. The first kappa shape index (κ1) is 12.3. The van der Waals surface area contributed by atoms with Gasteiger partial charge in [0.05, 0.1) is 12.1 Å². The van der Waals surface area contributed by atoms with Gasteiger partial charge in [-0.3, -0.25) is 4.98 Å². The summed E-state index contributed by atoms with van der Waals surface area (Å²) in [6.07, 6.45) is 10.4. The molecule has 5 heteroatoms. The molecule has 0 bridgehead atoms. The summed E-state index contributed by atoms with van der Waals surface area (Å²) in [5, 5.41) is 8.42. The second-order valence-corrected chi connectivity index (χ2v) is 5.61. The average molecular weight is 279 g/mol. The maximum Gasteiger partial charge on any atom is 0.157 e. The topological polar surface area (TPSA) is 46.8 Å². The van der Waals surface area contributed by atoms with Gasteiger partial charge in [0.1, 0.15) is 5.82 Å². The van der Waals surface area contributed by atoms with Crippen molar-refractivity contribution in [3.63, 3.8) is 0 Å². The largest absolute Gasteiger partial charge is 0.362 e. The van der Waals surface area contributed by atoms with E-state index in [4.69, 9.17) is 0 Å². The van der Waals surface area contributed by atoms with Gasteiger partial charge in [0, 0.05) is 24.6 Å². The first-order valence-corrected chi connectivity index (χ1v) is 7.18. The average Bonchev–Trinajstić information content (AvgIpc) is 3.02. The fourth-order valence-electron chi connectivity index (χ4n) is 3.28. The zero-order valence-electron chi connectivity index (χ0n) is 12.1. The van der Waals surface area contributed by atoms with E-state index >= 15 is 0 Å². The fraction of sp³-hybridized carbons (Fsp3) is 0.312. The fourth-order valence-corrected chi connectivity index (χ4v) is 3.28. The van der Waals surface area contributed by atoms with Crippen molar-refractivity contribution in [2.45, 2.75) is 32.5 Å². The van der Waals surface area contributed by atoms with Crippen LogP contribution in [0.15, 0.2) is 42.4 Å². The van der Waals surface area contributed by atoms with Gasteiger partial charge in [-0.25, -0.2) is 0 Å². The van der Waals surface area contributed by atoms with Crippen molar-refractivity contribution in [1.29, 1.82) is 0 Å². The predicted molar refractivity (Wildman–Crippen MR) is 80.2 cm³/mol. The third kappa shape index (κ3) is 1.88. The van der Waals surface area contributed by atoms with Crippen LogP contribution in [0.1, 0.15) is 30.2 Å². The summed E-state index contributed by atoms with van der Waals surface area (Å²) < 4.78 is 2.22. The SMILES string of the molecule is CC1=CC2C(C=Cc3nnc(C)n32)N1Cc1cccnc1. The highest BCUT2D eigenvalue weighted by molar-refractivity contribution is 5.47. The number of hydrogen-bond donors (Lipinski definition) is 0. The van der Waals surface area contributed by atoms with E-state index in [2.05, 4.69) is 55.9 Å². The number of rotatable bonds is 2. The van der Waals surface area contributed by atoms with Crippen LogP contribution in [0.3, 0.4) is 0 Å². The molecular weight excluding hydrogens is 262 g/mol. The maximum absolute atomic E-state index is 4.22. The van der Waals surface area contributed by atoms with Crippen molar-refractivity contribution in [3.05, 3.63) is 59.6 Å². The molecule has 0 N–H and O–H groups in total. The first-order valence-electron chi connectivity index (χ1n) is 7.18. The van der Waals surface area contributed by atoms with Crippen LogP contribution < -0.4 is 0 Å². The van der Waals surface area contributed by atoms with E-state index < -0.39 is 0 Å². The van der Waals surface area contributed by atoms with Crippen molar-refractivity contribution in [2.24, 2.45) is 0 Å². The Morgan fingerprint density at radius 1 is 1.19 bits per heavy atom. The van der Waals surface area contributed by atoms with Crippen LogP contribution in [0.2, 0.25) is 0 Å². The molecule has 4 heterocycles. The summed E-state index contributed by atoms with van der Waals surface area (Å²) in [6.45, 7) is 5.06. The molecule has 2 aromatic rings. The van der Waals surface area contributed by atoms with Crippen molar-refractivity contribution < 1.29 is 0 Å². The minimum absolute atomic E-state index is 0.289. The Morgan fingerprint density at radius 3 is 2.90 bits per heavy atom. The molecule has 0 spiro atoms. The lowest BCUT2D eigenvalue weighted by Gasteiger charge is -2.32. The maximum atomic E-state index is 4.22. The van der Waals surface area contributed by atoms with Gasteiger partial charge < -0.3 is 9.47 Å². The second kappa shape index (κ2) is 4.55. The number of aromatic nitrogens is 4. The highest BCUT2D eigenvalue weighted by Gasteiger charge is 2.36. The number of nitrogens with zero attached hydrogens (tertiary/aromatic N) is 5. The lowest BCUT2D eigenvalue weighted by Crippen LogP contribution is -2.35. The lowest BCUT2D eigenvalue weighted by molar-refractivity contribution is 0.269. The van der Waals surface area contributed by atoms with Gasteiger partial charge in [0.2, 0.25) is 0 Å². The van der Waals surface area contributed by atoms with Crippen molar-refractivity contribution in [3.8, 4) is 0 Å². The Kier molecular flexibility index (Phi) is 2.67. The first-order chi connectivity index (χ1) is 10.2. The van der Waals surface area contributed by atoms with E-state index in [0.29, 0.717) is 6.04 Å². The predicted octanol–water partition coefficient (Wildman–Crippen LogP) is 2.34. The van der Waals surface area contributed by atoms with E-state index in [1.54, 1.807) is 0 Å². The molecule has 0 saturated heterocycles. The molecular formula is C16H17N5. The quantitative estimate of drug-likeness (QED) is 0.846. The van der Waals surface area contributed by atoms with E-state index in [-0.39, 0.29) is 6.04 Å². The van der Waals surface area contributed by atoms with E-state index in [0.717, 1.165) is 18.2 Å². The molecule has 106 valence electrons. The molecule has 2 aromatic heterocycles. The number of fused-ring (bicyclic) bond motifs is 3. The third-order valence-electron chi connectivity index (χ3n) is 4.28. The van der Waals surface area contributed by atoms with Crippen LogP contribution in [0.25, 0.3) is 6.08 Å². The minimum Gasteiger partial charge on any atom is -0.362 e. The van der Waals surface area contributed by atoms with Crippen molar-refractivity contribution >= 4 is 6.08 Å². The summed E-state index contributed by atoms with van der Waals surface area (Å²) in [6, 6.07) is 4.72. The number of pyridine rings is 1. The summed E-state index contributed by atoms with van der Waals surface area (Å²) in [5.41, 5.74) is 2.52. The highest BCUT2D eigenvalue weighted by atomic mass is 15.3. The number of aryl methyl sites for hydroxylation is 1. The van der Waals surface area contributed by atoms with Crippen LogP contribution in [-0.2, 0) is 6.54 Å². The Morgan fingerprint density at radius 2 is 2.10 bits per heavy atom. The standard InChI is InChI=1S/C16H17N5/c1-11-8-15-14(5-6-16-19-18-12(2)21(15)16)20(11)10-13-4-3-7-17-9-13/h3-9,14-15H,10H2,1-2H3. The van der Waals surface area contributed by atoms with Crippen LogP contribution in [0, 0.1) is 6.92 Å². The monoisotopic (exact) mass is 279 g/mol. The number of hydrogen-bond acceptors (Lipinski definition) is 4. The van der Waals surface area contributed by atoms with Gasteiger partial charge in [-0.15, -0.1) is 10.2 Å². The van der Waals surface area contributed by atoms with Crippen LogP contribution in [0.4, 0.5) is 0 Å². The van der Waals surface area contributed by atoms with Gasteiger partial charge >= 0.3 is 0 Å². The van der Waals surface area contributed by atoms with E-state index in [1.165, 1.54) is 11.3 Å². The van der Waals surface area contributed by atoms with Crippen LogP contribution in [-0.4, -0.2) is 30.7 Å². The van der Waals surface area contributed by atoms with Crippen molar-refractivity contribution in [1.82, 2.24) is 24.6 Å². The third-order valence-corrected chi connectivity index (χ3v) is 4.28. The molecule has 5 nitrogen and oxygen atoms in total. The smallest absolute Gasteiger partial charge is 0.157 e. The Labute approximate surface area is 123 Å². The molecule has 0 saturated carbocycles. The zero-order chi connectivity index (χ0) is 14.4. The van der Waals surface area contributed by atoms with Crippen molar-refractivity contribution in [2.75, 3.05) is 0 Å². The molecule has 2 aliphatic heterocycles. The molecule has 4 rings (SSSR count). The van der Waals surface area contributed by atoms with E-state index in [1.807, 2.05) is 25.4 Å². The highest BCUT2D eigenvalue weighted by Crippen LogP contribution is 2.37. The van der Waals surface area contributed by atoms with Gasteiger partial charge in [-0.2, -0.15) is 0 Å². The Balaban J connectivity index is 1.68. The lowest BCUT2D eigenvalue weighted by atomic mass is 10.1. The summed E-state index contributed by atoms with van der Waals surface area (Å²) in [5.74, 6) is 1.91. The van der Waals surface area contributed by atoms with Gasteiger partial charge in [-0.1, -0.05) is 12.1 Å². The normalized spacial score (nSPS) is 23.0. The second-order valence-electron chi connectivity index (χ2n) is 5.61. The van der Waals surface area contributed by atoms with Gasteiger partial charge in [-0.05, 0) is 37.6 Å². The molecule has 2 atom stereocenters. The molecule has 0 aliphatic carbocycles. The molecule has 0 radical (unpaired) electrons. The van der Waals surface area contributed by atoms with Crippen LogP contribution in [0.5, 0.6) is 0 Å². The Hall–Kier alpha value is -2.43. The number of allylic oxidation sites excluding steroid dienone is 1. The molecule has 0 fully saturated rings. The minimum atomic E-state index is 0.289. The summed E-state index contributed by atoms with van der Waals surface area (Å²) in [7, 11) is 0. The summed E-state index contributed by atoms with van der Waals surface area (Å²) >= 11 is 0. The molecule has 0 amide bonds. The Bertz CT molecular complexity index is 728. The van der Waals surface area contributed by atoms with Crippen LogP contribution >= 0.6 is 0 Å². The zero-order valence-corrected chi connectivity index (χ0v) is 12.1. The van der Waals surface area contributed by atoms with E-state index in [9.17, 15) is 0 Å². The van der Waals surface area contributed by atoms with Gasteiger partial charge in [0.15, 0.2) is 5.82 Å². The molecule has 0 aromatic carbocycles.